The van der Waals surface area contributed by atoms with E-state index in [1.807, 2.05) is 7.05 Å². The highest BCUT2D eigenvalue weighted by atomic mass is 16.5. The first-order chi connectivity index (χ1) is 7.63. The van der Waals surface area contributed by atoms with Gasteiger partial charge in [0.05, 0.1) is 12.7 Å². The highest BCUT2D eigenvalue weighted by molar-refractivity contribution is 5.98. The van der Waals surface area contributed by atoms with E-state index in [2.05, 4.69) is 0 Å². The third kappa shape index (κ3) is 1.96. The molecule has 0 saturated heterocycles. The SMILES string of the molecule is COc1ccc(N)cc1C(=O)N(C)C1CC1. The maximum Gasteiger partial charge on any atom is 0.257 e. The highest BCUT2D eigenvalue weighted by Crippen LogP contribution is 2.29. The van der Waals surface area contributed by atoms with E-state index in [4.69, 9.17) is 10.5 Å². The van der Waals surface area contributed by atoms with Gasteiger partial charge in [0.2, 0.25) is 0 Å². The van der Waals surface area contributed by atoms with Crippen LogP contribution in [0.2, 0.25) is 0 Å². The summed E-state index contributed by atoms with van der Waals surface area (Å²) in [6.45, 7) is 0. The number of ether oxygens (including phenoxy) is 1. The number of carbonyl (C=O) groups is 1. The fourth-order valence-corrected chi connectivity index (χ4v) is 1.71. The molecule has 0 heterocycles. The van der Waals surface area contributed by atoms with Crippen molar-refractivity contribution in [1.29, 1.82) is 0 Å². The van der Waals surface area contributed by atoms with E-state index in [-0.39, 0.29) is 5.91 Å². The number of methoxy groups -OCH3 is 1. The molecular formula is C12H16N2O2. The minimum Gasteiger partial charge on any atom is -0.496 e. The predicted molar refractivity (Wildman–Crippen MR) is 62.5 cm³/mol. The Balaban J connectivity index is 2.30. The quantitative estimate of drug-likeness (QED) is 0.785. The maximum absolute atomic E-state index is 12.1. The van der Waals surface area contributed by atoms with E-state index in [9.17, 15) is 4.79 Å². The molecule has 0 atom stereocenters. The molecule has 4 heteroatoms. The van der Waals surface area contributed by atoms with Crippen molar-refractivity contribution in [3.63, 3.8) is 0 Å². The van der Waals surface area contributed by atoms with Crippen molar-refractivity contribution >= 4 is 11.6 Å². The average molecular weight is 220 g/mol. The van der Waals surface area contributed by atoms with Gasteiger partial charge in [-0.05, 0) is 31.0 Å². The van der Waals surface area contributed by atoms with Gasteiger partial charge in [-0.2, -0.15) is 0 Å². The summed E-state index contributed by atoms with van der Waals surface area (Å²) in [7, 11) is 3.38. The minimum atomic E-state index is -0.0216. The van der Waals surface area contributed by atoms with Gasteiger partial charge < -0.3 is 15.4 Å². The minimum absolute atomic E-state index is 0.0216. The number of carbonyl (C=O) groups excluding carboxylic acids is 1. The summed E-state index contributed by atoms with van der Waals surface area (Å²) >= 11 is 0. The van der Waals surface area contributed by atoms with Crippen LogP contribution in [0.25, 0.3) is 0 Å². The first-order valence-electron chi connectivity index (χ1n) is 5.34. The van der Waals surface area contributed by atoms with E-state index >= 15 is 0 Å². The normalized spacial score (nSPS) is 14.6. The molecule has 1 aliphatic rings. The highest BCUT2D eigenvalue weighted by Gasteiger charge is 2.31. The Labute approximate surface area is 95.0 Å². The third-order valence-electron chi connectivity index (χ3n) is 2.87. The van der Waals surface area contributed by atoms with Gasteiger partial charge in [-0.1, -0.05) is 0 Å². The number of benzene rings is 1. The lowest BCUT2D eigenvalue weighted by atomic mass is 10.1. The molecule has 0 unspecified atom stereocenters. The lowest BCUT2D eigenvalue weighted by Crippen LogP contribution is -2.29. The summed E-state index contributed by atoms with van der Waals surface area (Å²) in [5, 5.41) is 0. The van der Waals surface area contributed by atoms with Crippen LogP contribution in [-0.2, 0) is 0 Å². The van der Waals surface area contributed by atoms with Gasteiger partial charge in [-0.25, -0.2) is 0 Å². The second-order valence-corrected chi connectivity index (χ2v) is 4.11. The van der Waals surface area contributed by atoms with Gasteiger partial charge in [0.1, 0.15) is 5.75 Å². The molecular weight excluding hydrogens is 204 g/mol. The Kier molecular flexibility index (Phi) is 2.73. The molecule has 2 rings (SSSR count). The molecule has 2 N–H and O–H groups in total. The summed E-state index contributed by atoms with van der Waals surface area (Å²) in [4.78, 5) is 13.9. The zero-order chi connectivity index (χ0) is 11.7. The summed E-state index contributed by atoms with van der Waals surface area (Å²) in [5.74, 6) is 0.554. The summed E-state index contributed by atoms with van der Waals surface area (Å²) in [6, 6.07) is 5.51. The monoisotopic (exact) mass is 220 g/mol. The second kappa shape index (κ2) is 4.04. The van der Waals surface area contributed by atoms with Crippen molar-refractivity contribution in [2.75, 3.05) is 19.9 Å². The Morgan fingerprint density at radius 1 is 1.50 bits per heavy atom. The molecule has 1 fully saturated rings. The first-order valence-corrected chi connectivity index (χ1v) is 5.34. The average Bonchev–Trinajstić information content (AvgIpc) is 3.11. The van der Waals surface area contributed by atoms with Crippen LogP contribution in [0.1, 0.15) is 23.2 Å². The van der Waals surface area contributed by atoms with Gasteiger partial charge >= 0.3 is 0 Å². The smallest absolute Gasteiger partial charge is 0.257 e. The fourth-order valence-electron chi connectivity index (χ4n) is 1.71. The number of amides is 1. The molecule has 1 saturated carbocycles. The zero-order valence-corrected chi connectivity index (χ0v) is 9.56. The van der Waals surface area contributed by atoms with E-state index in [0.717, 1.165) is 12.8 Å². The van der Waals surface area contributed by atoms with E-state index in [0.29, 0.717) is 23.0 Å². The molecule has 0 aromatic heterocycles. The molecule has 1 aliphatic carbocycles. The topological polar surface area (TPSA) is 55.6 Å². The molecule has 1 aromatic carbocycles. The molecule has 4 nitrogen and oxygen atoms in total. The molecule has 1 aromatic rings. The van der Waals surface area contributed by atoms with Gasteiger partial charge in [0.25, 0.3) is 5.91 Å². The number of hydrogen-bond acceptors (Lipinski definition) is 3. The standard InChI is InChI=1S/C12H16N2O2/c1-14(9-4-5-9)12(15)10-7-8(13)3-6-11(10)16-2/h3,6-7,9H,4-5,13H2,1-2H3. The summed E-state index contributed by atoms with van der Waals surface area (Å²) in [5.41, 5.74) is 6.80. The Hall–Kier alpha value is -1.71. The van der Waals surface area contributed by atoms with Crippen molar-refractivity contribution in [2.24, 2.45) is 0 Å². The molecule has 0 radical (unpaired) electrons. The van der Waals surface area contributed by atoms with Crippen LogP contribution in [0.5, 0.6) is 5.75 Å². The molecule has 0 bridgehead atoms. The lowest BCUT2D eigenvalue weighted by Gasteiger charge is -2.18. The van der Waals surface area contributed by atoms with Gasteiger partial charge in [-0.3, -0.25) is 4.79 Å². The predicted octanol–water partition coefficient (Wildman–Crippen LogP) is 1.51. The second-order valence-electron chi connectivity index (χ2n) is 4.11. The number of hydrogen-bond donors (Lipinski definition) is 1. The van der Waals surface area contributed by atoms with Gasteiger partial charge in [0, 0.05) is 18.8 Å². The number of anilines is 1. The van der Waals surface area contributed by atoms with Crippen molar-refractivity contribution in [3.05, 3.63) is 23.8 Å². The number of nitrogens with zero attached hydrogens (tertiary/aromatic N) is 1. The van der Waals surface area contributed by atoms with E-state index < -0.39 is 0 Å². The molecule has 86 valence electrons. The summed E-state index contributed by atoms with van der Waals surface area (Å²) < 4.78 is 5.17. The molecule has 0 aliphatic heterocycles. The van der Waals surface area contributed by atoms with Crippen molar-refractivity contribution < 1.29 is 9.53 Å². The fraction of sp³-hybridized carbons (Fsp3) is 0.417. The summed E-state index contributed by atoms with van der Waals surface area (Å²) in [6.07, 6.45) is 2.18. The van der Waals surface area contributed by atoms with Crippen LogP contribution in [0.15, 0.2) is 18.2 Å². The first kappa shape index (κ1) is 10.8. The van der Waals surface area contributed by atoms with Crippen LogP contribution in [0.3, 0.4) is 0 Å². The van der Waals surface area contributed by atoms with Crippen LogP contribution in [0, 0.1) is 0 Å². The van der Waals surface area contributed by atoms with Gasteiger partial charge in [0.15, 0.2) is 0 Å². The van der Waals surface area contributed by atoms with Crippen LogP contribution < -0.4 is 10.5 Å². The molecule has 0 spiro atoms. The van der Waals surface area contributed by atoms with Crippen molar-refractivity contribution in [1.82, 2.24) is 4.90 Å². The number of nitrogens with two attached hydrogens (primary N) is 1. The third-order valence-corrected chi connectivity index (χ3v) is 2.87. The number of nitrogen functional groups attached to an aromatic ring is 1. The molecule has 1 amide bonds. The van der Waals surface area contributed by atoms with Crippen molar-refractivity contribution in [3.8, 4) is 5.75 Å². The zero-order valence-electron chi connectivity index (χ0n) is 9.56. The van der Waals surface area contributed by atoms with E-state index in [1.54, 1.807) is 30.2 Å². The Bertz CT molecular complexity index is 413. The number of rotatable bonds is 3. The maximum atomic E-state index is 12.1. The van der Waals surface area contributed by atoms with Crippen LogP contribution >= 0.6 is 0 Å². The van der Waals surface area contributed by atoms with Crippen LogP contribution in [0.4, 0.5) is 5.69 Å². The largest absolute Gasteiger partial charge is 0.496 e. The Morgan fingerprint density at radius 3 is 2.75 bits per heavy atom. The molecule has 16 heavy (non-hydrogen) atoms. The van der Waals surface area contributed by atoms with E-state index in [1.165, 1.54) is 0 Å². The Morgan fingerprint density at radius 2 is 2.19 bits per heavy atom. The van der Waals surface area contributed by atoms with Crippen LogP contribution in [-0.4, -0.2) is 31.0 Å². The van der Waals surface area contributed by atoms with Gasteiger partial charge in [-0.15, -0.1) is 0 Å². The lowest BCUT2D eigenvalue weighted by molar-refractivity contribution is 0.0782. The van der Waals surface area contributed by atoms with Crippen molar-refractivity contribution in [2.45, 2.75) is 18.9 Å².